The van der Waals surface area contributed by atoms with E-state index in [4.69, 9.17) is 9.98 Å². The standard InChI is InChI=1S/C25H22N4O2S2/c1-16(23(30)26-15-18-10-7-13-32-18)33-25-28-20-12-6-5-11-19(20)22-27-21(24(31)29(22)25)14-17-8-3-2-4-9-17/h2-13,16,21H,14-15H2,1H3,(H,26,30)/t16-,21+/m1/s1. The van der Waals surface area contributed by atoms with Gasteiger partial charge in [-0.3, -0.25) is 14.6 Å². The molecule has 3 heterocycles. The summed E-state index contributed by atoms with van der Waals surface area (Å²) in [6.45, 7) is 2.32. The number of para-hydroxylation sites is 1. The summed E-state index contributed by atoms with van der Waals surface area (Å²) in [6, 6.07) is 21.0. The molecule has 0 radical (unpaired) electrons. The van der Waals surface area contributed by atoms with Crippen LogP contribution in [0.1, 0.15) is 22.9 Å². The smallest absolute Gasteiger partial charge is 0.259 e. The number of carbonyl (C=O) groups excluding carboxylic acids is 2. The topological polar surface area (TPSA) is 74.1 Å². The highest BCUT2D eigenvalue weighted by atomic mass is 32.2. The number of thioether (sulfide) groups is 1. The molecule has 2 amide bonds. The second-order valence-electron chi connectivity index (χ2n) is 7.80. The van der Waals surface area contributed by atoms with Crippen LogP contribution < -0.4 is 5.32 Å². The normalized spacial score (nSPS) is 17.7. The molecule has 8 heteroatoms. The van der Waals surface area contributed by atoms with E-state index in [0.717, 1.165) is 21.7 Å². The van der Waals surface area contributed by atoms with Gasteiger partial charge in [0, 0.05) is 16.9 Å². The van der Waals surface area contributed by atoms with E-state index < -0.39 is 11.3 Å². The second-order valence-corrected chi connectivity index (χ2v) is 10.1. The van der Waals surface area contributed by atoms with Crippen LogP contribution in [0.2, 0.25) is 0 Å². The first-order valence-corrected chi connectivity index (χ1v) is 12.5. The molecular weight excluding hydrogens is 452 g/mol. The summed E-state index contributed by atoms with van der Waals surface area (Å²) in [7, 11) is 0. The molecule has 1 aromatic heterocycles. The maximum atomic E-state index is 13.4. The van der Waals surface area contributed by atoms with Crippen molar-refractivity contribution in [3.63, 3.8) is 0 Å². The van der Waals surface area contributed by atoms with Gasteiger partial charge in [0.2, 0.25) is 5.91 Å². The van der Waals surface area contributed by atoms with Crippen molar-refractivity contribution in [2.45, 2.75) is 31.2 Å². The summed E-state index contributed by atoms with van der Waals surface area (Å²) >= 11 is 2.89. The van der Waals surface area contributed by atoms with Gasteiger partial charge < -0.3 is 5.32 Å². The number of amidine groups is 2. The Morgan fingerprint density at radius 2 is 1.91 bits per heavy atom. The Morgan fingerprint density at radius 3 is 2.70 bits per heavy atom. The number of hydrogen-bond acceptors (Lipinski definition) is 6. The zero-order valence-electron chi connectivity index (χ0n) is 18.0. The Kier molecular flexibility index (Phi) is 6.11. The highest BCUT2D eigenvalue weighted by molar-refractivity contribution is 8.15. The molecule has 0 bridgehead atoms. The lowest BCUT2D eigenvalue weighted by atomic mass is 10.1. The number of amides is 2. The number of hydrogen-bond donors (Lipinski definition) is 1. The molecule has 33 heavy (non-hydrogen) atoms. The van der Waals surface area contributed by atoms with E-state index in [2.05, 4.69) is 5.32 Å². The molecule has 2 aliphatic heterocycles. The maximum absolute atomic E-state index is 13.4. The molecule has 0 saturated carbocycles. The van der Waals surface area contributed by atoms with Gasteiger partial charge in [0.05, 0.1) is 17.5 Å². The van der Waals surface area contributed by atoms with Gasteiger partial charge in [-0.15, -0.1) is 11.3 Å². The average Bonchev–Trinajstić information content (AvgIpc) is 3.47. The predicted molar refractivity (Wildman–Crippen MR) is 134 cm³/mol. The fourth-order valence-corrected chi connectivity index (χ4v) is 5.38. The number of carbonyl (C=O) groups is 2. The molecule has 2 atom stereocenters. The average molecular weight is 475 g/mol. The van der Waals surface area contributed by atoms with E-state index in [1.54, 1.807) is 16.2 Å². The van der Waals surface area contributed by atoms with Crippen LogP contribution in [0.3, 0.4) is 0 Å². The monoisotopic (exact) mass is 474 g/mol. The first-order chi connectivity index (χ1) is 16.1. The molecule has 166 valence electrons. The molecule has 0 fully saturated rings. The van der Waals surface area contributed by atoms with Crippen LogP contribution in [-0.4, -0.2) is 39.0 Å². The molecule has 2 aromatic carbocycles. The van der Waals surface area contributed by atoms with Gasteiger partial charge in [-0.25, -0.2) is 9.89 Å². The van der Waals surface area contributed by atoms with Gasteiger partial charge in [-0.1, -0.05) is 60.3 Å². The van der Waals surface area contributed by atoms with E-state index >= 15 is 0 Å². The lowest BCUT2D eigenvalue weighted by Gasteiger charge is -2.26. The molecule has 1 N–H and O–H groups in total. The largest absolute Gasteiger partial charge is 0.350 e. The third kappa shape index (κ3) is 4.49. The van der Waals surface area contributed by atoms with E-state index in [0.29, 0.717) is 24.0 Å². The number of benzene rings is 2. The Labute approximate surface area is 200 Å². The van der Waals surface area contributed by atoms with Crippen molar-refractivity contribution >= 4 is 51.6 Å². The summed E-state index contributed by atoms with van der Waals surface area (Å²) in [5, 5.41) is 5.03. The number of aliphatic imine (C=N–C) groups is 2. The van der Waals surface area contributed by atoms with Crippen LogP contribution in [0.25, 0.3) is 0 Å². The number of thiophene rings is 1. The van der Waals surface area contributed by atoms with Crippen molar-refractivity contribution in [3.8, 4) is 0 Å². The Balaban J connectivity index is 1.37. The van der Waals surface area contributed by atoms with E-state index in [9.17, 15) is 9.59 Å². The first kappa shape index (κ1) is 21.6. The van der Waals surface area contributed by atoms with Crippen molar-refractivity contribution in [1.82, 2.24) is 10.2 Å². The lowest BCUT2D eigenvalue weighted by molar-refractivity contribution is -0.124. The van der Waals surface area contributed by atoms with E-state index in [1.807, 2.05) is 79.0 Å². The quantitative estimate of drug-likeness (QED) is 0.576. The lowest BCUT2D eigenvalue weighted by Crippen LogP contribution is -2.43. The Hall–Kier alpha value is -3.23. The third-order valence-electron chi connectivity index (χ3n) is 5.49. The number of rotatable bonds is 6. The zero-order valence-corrected chi connectivity index (χ0v) is 19.6. The zero-order chi connectivity index (χ0) is 22.8. The maximum Gasteiger partial charge on any atom is 0.259 e. The van der Waals surface area contributed by atoms with Gasteiger partial charge in [0.15, 0.2) is 5.17 Å². The molecular formula is C25H22N4O2S2. The molecule has 3 aromatic rings. The summed E-state index contributed by atoms with van der Waals surface area (Å²) in [6.07, 6.45) is 0.524. The minimum absolute atomic E-state index is 0.0964. The van der Waals surface area contributed by atoms with Gasteiger partial charge in [-0.2, -0.15) is 0 Å². The van der Waals surface area contributed by atoms with Crippen LogP contribution in [0.5, 0.6) is 0 Å². The third-order valence-corrected chi connectivity index (χ3v) is 7.42. The molecule has 0 unspecified atom stereocenters. The molecule has 6 nitrogen and oxygen atoms in total. The number of nitrogens with one attached hydrogen (secondary N) is 1. The minimum atomic E-state index is -0.512. The van der Waals surface area contributed by atoms with Crippen LogP contribution in [0, 0.1) is 0 Å². The van der Waals surface area contributed by atoms with Crippen LogP contribution in [-0.2, 0) is 22.6 Å². The summed E-state index contributed by atoms with van der Waals surface area (Å²) in [4.78, 5) is 38.4. The predicted octanol–water partition coefficient (Wildman–Crippen LogP) is 4.39. The minimum Gasteiger partial charge on any atom is -0.350 e. The first-order valence-electron chi connectivity index (χ1n) is 10.7. The van der Waals surface area contributed by atoms with Crippen molar-refractivity contribution in [3.05, 3.63) is 88.1 Å². The van der Waals surface area contributed by atoms with Crippen LogP contribution in [0.4, 0.5) is 5.69 Å². The van der Waals surface area contributed by atoms with E-state index in [1.165, 1.54) is 11.8 Å². The summed E-state index contributed by atoms with van der Waals surface area (Å²) < 4.78 is 0. The Morgan fingerprint density at radius 1 is 1.12 bits per heavy atom. The van der Waals surface area contributed by atoms with Crippen molar-refractivity contribution in [2.75, 3.05) is 0 Å². The second kappa shape index (κ2) is 9.33. The van der Waals surface area contributed by atoms with Gasteiger partial charge in [0.1, 0.15) is 11.9 Å². The SMILES string of the molecule is C[C@@H](SC1=Nc2ccccc2C2=N[C@@H](Cc3ccccc3)C(=O)N12)C(=O)NCc1cccs1. The van der Waals surface area contributed by atoms with E-state index in [-0.39, 0.29) is 11.8 Å². The number of nitrogens with zero attached hydrogens (tertiary/aromatic N) is 3. The van der Waals surface area contributed by atoms with Crippen LogP contribution in [0.15, 0.2) is 82.1 Å². The van der Waals surface area contributed by atoms with Crippen molar-refractivity contribution in [2.24, 2.45) is 9.98 Å². The Bertz CT molecular complexity index is 1240. The van der Waals surface area contributed by atoms with Crippen molar-refractivity contribution < 1.29 is 9.59 Å². The molecule has 0 aliphatic carbocycles. The highest BCUT2D eigenvalue weighted by Gasteiger charge is 2.42. The summed E-state index contributed by atoms with van der Waals surface area (Å²) in [5.74, 6) is 0.405. The van der Waals surface area contributed by atoms with Gasteiger partial charge >= 0.3 is 0 Å². The van der Waals surface area contributed by atoms with Crippen molar-refractivity contribution in [1.29, 1.82) is 0 Å². The fourth-order valence-electron chi connectivity index (χ4n) is 3.79. The molecule has 2 aliphatic rings. The fraction of sp³-hybridized carbons (Fsp3) is 0.200. The van der Waals surface area contributed by atoms with Gasteiger partial charge in [-0.05, 0) is 36.1 Å². The summed E-state index contributed by atoms with van der Waals surface area (Å²) in [5.41, 5.74) is 2.65. The number of fused-ring (bicyclic) bond motifs is 3. The van der Waals surface area contributed by atoms with Gasteiger partial charge in [0.25, 0.3) is 5.91 Å². The molecule has 0 saturated heterocycles. The highest BCUT2D eigenvalue weighted by Crippen LogP contribution is 2.35. The molecule has 5 rings (SSSR count). The molecule has 0 spiro atoms. The van der Waals surface area contributed by atoms with Crippen LogP contribution >= 0.6 is 23.1 Å².